The molecule has 0 heterocycles. The lowest BCUT2D eigenvalue weighted by molar-refractivity contribution is -0.227. The third-order valence-electron chi connectivity index (χ3n) is 2.78. The van der Waals surface area contributed by atoms with Crippen molar-refractivity contribution < 1.29 is 26.7 Å². The second-order valence-corrected chi connectivity index (χ2v) is 4.30. The van der Waals surface area contributed by atoms with Crippen LogP contribution in [0.3, 0.4) is 0 Å². The minimum atomic E-state index is -5.12. The minimum Gasteiger partial charge on any atom is -0.475 e. The number of hydrogen-bond donors (Lipinski definition) is 0. The molecule has 21 heavy (non-hydrogen) atoms. The van der Waals surface area contributed by atoms with Gasteiger partial charge in [0.1, 0.15) is 5.75 Å². The average molecular weight is 302 g/mol. The van der Waals surface area contributed by atoms with Crippen molar-refractivity contribution in [1.82, 2.24) is 0 Å². The van der Waals surface area contributed by atoms with Gasteiger partial charge in [-0.2, -0.15) is 13.2 Å². The van der Waals surface area contributed by atoms with Crippen molar-refractivity contribution in [1.29, 1.82) is 0 Å². The molecular formula is C15H11F5O. The van der Waals surface area contributed by atoms with E-state index in [9.17, 15) is 22.0 Å². The van der Waals surface area contributed by atoms with E-state index >= 15 is 0 Å². The van der Waals surface area contributed by atoms with Gasteiger partial charge in [-0.25, -0.2) is 8.78 Å². The molecule has 0 bridgehead atoms. The van der Waals surface area contributed by atoms with E-state index in [1.807, 2.05) is 30.3 Å². The van der Waals surface area contributed by atoms with E-state index in [1.54, 1.807) is 0 Å². The summed E-state index contributed by atoms with van der Waals surface area (Å²) < 4.78 is 66.3. The predicted molar refractivity (Wildman–Crippen MR) is 68.4 cm³/mol. The third-order valence-corrected chi connectivity index (χ3v) is 2.78. The van der Waals surface area contributed by atoms with Gasteiger partial charge < -0.3 is 4.74 Å². The van der Waals surface area contributed by atoms with Crippen LogP contribution in [0.1, 0.15) is 0 Å². The van der Waals surface area contributed by atoms with Crippen molar-refractivity contribution in [3.8, 4) is 16.9 Å². The Hall–Kier alpha value is -2.11. The molecule has 0 radical (unpaired) electrons. The molecule has 2 aromatic carbocycles. The summed E-state index contributed by atoms with van der Waals surface area (Å²) in [6.07, 6.45) is -11.9. The fraction of sp³-hybridized carbons (Fsp3) is 0.200. The largest absolute Gasteiger partial charge is 0.475 e. The number of rotatable bonds is 4. The molecule has 0 aliphatic heterocycles. The summed E-state index contributed by atoms with van der Waals surface area (Å²) in [4.78, 5) is 0. The van der Waals surface area contributed by atoms with Crippen molar-refractivity contribution >= 4 is 0 Å². The zero-order valence-corrected chi connectivity index (χ0v) is 10.6. The van der Waals surface area contributed by atoms with Gasteiger partial charge in [0.05, 0.1) is 0 Å². The van der Waals surface area contributed by atoms with Gasteiger partial charge in [0.2, 0.25) is 0 Å². The first kappa shape index (κ1) is 15.3. The Morgan fingerprint density at radius 2 is 1.29 bits per heavy atom. The predicted octanol–water partition coefficient (Wildman–Crippen LogP) is 4.93. The quantitative estimate of drug-likeness (QED) is 0.728. The van der Waals surface area contributed by atoms with Crippen LogP contribution in [0, 0.1) is 0 Å². The Bertz CT molecular complexity index is 563. The standard InChI is InChI=1S/C15H11F5O/c16-14(17)13(15(18,19)20)21-12-8-6-11(7-9-12)10-4-2-1-3-5-10/h1-9,13-14H. The van der Waals surface area contributed by atoms with Gasteiger partial charge in [-0.3, -0.25) is 0 Å². The molecule has 0 saturated heterocycles. The van der Waals surface area contributed by atoms with Crippen LogP contribution in [-0.4, -0.2) is 18.7 Å². The van der Waals surface area contributed by atoms with Crippen LogP contribution >= 0.6 is 0 Å². The Labute approximate surface area is 118 Å². The molecule has 112 valence electrons. The monoisotopic (exact) mass is 302 g/mol. The first-order chi connectivity index (χ1) is 9.88. The van der Waals surface area contributed by atoms with Crippen LogP contribution in [-0.2, 0) is 0 Å². The molecule has 0 aliphatic carbocycles. The summed E-state index contributed by atoms with van der Waals surface area (Å²) in [5, 5.41) is 0. The van der Waals surface area contributed by atoms with Gasteiger partial charge in [-0.1, -0.05) is 42.5 Å². The second kappa shape index (κ2) is 6.11. The highest BCUT2D eigenvalue weighted by Gasteiger charge is 2.48. The molecular weight excluding hydrogens is 291 g/mol. The maximum absolute atomic E-state index is 12.4. The van der Waals surface area contributed by atoms with E-state index in [0.717, 1.165) is 11.1 Å². The van der Waals surface area contributed by atoms with E-state index < -0.39 is 18.7 Å². The lowest BCUT2D eigenvalue weighted by atomic mass is 10.1. The zero-order valence-electron chi connectivity index (χ0n) is 10.6. The fourth-order valence-electron chi connectivity index (χ4n) is 1.76. The van der Waals surface area contributed by atoms with Gasteiger partial charge in [0, 0.05) is 0 Å². The summed E-state index contributed by atoms with van der Waals surface area (Å²) in [5.41, 5.74) is 1.62. The highest BCUT2D eigenvalue weighted by molar-refractivity contribution is 5.63. The van der Waals surface area contributed by atoms with Crippen LogP contribution in [0.25, 0.3) is 11.1 Å². The van der Waals surface area contributed by atoms with E-state index in [0.29, 0.717) is 0 Å². The van der Waals surface area contributed by atoms with Crippen molar-refractivity contribution in [2.24, 2.45) is 0 Å². The van der Waals surface area contributed by atoms with Crippen LogP contribution in [0.2, 0.25) is 0 Å². The highest BCUT2D eigenvalue weighted by atomic mass is 19.4. The highest BCUT2D eigenvalue weighted by Crippen LogP contribution is 2.30. The zero-order chi connectivity index (χ0) is 15.5. The number of hydrogen-bond acceptors (Lipinski definition) is 1. The molecule has 2 aromatic rings. The number of halogens is 5. The first-order valence-electron chi connectivity index (χ1n) is 6.05. The van der Waals surface area contributed by atoms with Crippen LogP contribution < -0.4 is 4.74 Å². The molecule has 1 unspecified atom stereocenters. The molecule has 0 fully saturated rings. The van der Waals surface area contributed by atoms with Gasteiger partial charge in [-0.05, 0) is 23.3 Å². The Kier molecular flexibility index (Phi) is 4.45. The topological polar surface area (TPSA) is 9.23 Å². The van der Waals surface area contributed by atoms with Crippen molar-refractivity contribution in [2.45, 2.75) is 18.7 Å². The van der Waals surface area contributed by atoms with Crippen LogP contribution in [0.5, 0.6) is 5.75 Å². The molecule has 2 rings (SSSR count). The lowest BCUT2D eigenvalue weighted by Crippen LogP contribution is -2.40. The molecule has 0 aliphatic rings. The van der Waals surface area contributed by atoms with E-state index in [2.05, 4.69) is 4.74 Å². The van der Waals surface area contributed by atoms with Crippen molar-refractivity contribution in [3.63, 3.8) is 0 Å². The molecule has 6 heteroatoms. The Morgan fingerprint density at radius 1 is 0.762 bits per heavy atom. The van der Waals surface area contributed by atoms with E-state index in [1.165, 1.54) is 24.3 Å². The van der Waals surface area contributed by atoms with Crippen LogP contribution in [0.4, 0.5) is 22.0 Å². The van der Waals surface area contributed by atoms with E-state index in [4.69, 9.17) is 0 Å². The Balaban J connectivity index is 2.16. The first-order valence-corrected chi connectivity index (χ1v) is 6.05. The smallest absolute Gasteiger partial charge is 0.431 e. The second-order valence-electron chi connectivity index (χ2n) is 4.30. The Morgan fingerprint density at radius 3 is 1.76 bits per heavy atom. The van der Waals surface area contributed by atoms with Gasteiger partial charge in [-0.15, -0.1) is 0 Å². The SMILES string of the molecule is FC(F)C(Oc1ccc(-c2ccccc2)cc1)C(F)(F)F. The van der Waals surface area contributed by atoms with Gasteiger partial charge in [0.25, 0.3) is 12.5 Å². The van der Waals surface area contributed by atoms with Crippen molar-refractivity contribution in [2.75, 3.05) is 0 Å². The fourth-order valence-corrected chi connectivity index (χ4v) is 1.76. The summed E-state index contributed by atoms with van der Waals surface area (Å²) in [6.45, 7) is 0. The number of alkyl halides is 5. The molecule has 0 aromatic heterocycles. The number of benzene rings is 2. The van der Waals surface area contributed by atoms with E-state index in [-0.39, 0.29) is 5.75 Å². The minimum absolute atomic E-state index is 0.252. The lowest BCUT2D eigenvalue weighted by Gasteiger charge is -2.20. The molecule has 1 nitrogen and oxygen atoms in total. The maximum Gasteiger partial charge on any atom is 0.431 e. The maximum atomic E-state index is 12.4. The van der Waals surface area contributed by atoms with Crippen LogP contribution in [0.15, 0.2) is 54.6 Å². The summed E-state index contributed by atoms with van der Waals surface area (Å²) in [6, 6.07) is 14.6. The molecule has 0 N–H and O–H groups in total. The summed E-state index contributed by atoms with van der Waals surface area (Å²) >= 11 is 0. The normalized spacial score (nSPS) is 13.2. The van der Waals surface area contributed by atoms with Gasteiger partial charge in [0.15, 0.2) is 0 Å². The van der Waals surface area contributed by atoms with Gasteiger partial charge >= 0.3 is 6.18 Å². The third kappa shape index (κ3) is 3.93. The molecule has 0 spiro atoms. The average Bonchev–Trinajstić information content (AvgIpc) is 2.45. The summed E-state index contributed by atoms with van der Waals surface area (Å²) in [5.74, 6) is -0.252. The van der Waals surface area contributed by atoms with Crippen molar-refractivity contribution in [3.05, 3.63) is 54.6 Å². The molecule has 0 saturated carbocycles. The molecule has 0 amide bonds. The molecule has 1 atom stereocenters. The summed E-state index contributed by atoms with van der Waals surface area (Å²) in [7, 11) is 0. The number of ether oxygens (including phenoxy) is 1.